The van der Waals surface area contributed by atoms with Crippen LogP contribution in [0.2, 0.25) is 0 Å². The van der Waals surface area contributed by atoms with Crippen LogP contribution in [-0.4, -0.2) is 14.5 Å². The molecule has 7 heteroatoms. The smallest absolute Gasteiger partial charge is 0.135 e. The van der Waals surface area contributed by atoms with Gasteiger partial charge in [0, 0.05) is 84.4 Å². The van der Waals surface area contributed by atoms with Crippen LogP contribution < -0.4 is 14.5 Å². The average molecular weight is 1020 g/mol. The molecule has 322 valence electrons. The van der Waals surface area contributed by atoms with Gasteiger partial charge in [-0.3, -0.25) is 4.98 Å². The van der Waals surface area contributed by atoms with Gasteiger partial charge in [0.15, 0.2) is 0 Å². The number of hydrogen-bond donors (Lipinski definition) is 0. The first kappa shape index (κ1) is 42.8. The maximum atomic E-state index is 6.68. The van der Waals surface area contributed by atoms with E-state index in [1.165, 1.54) is 22.3 Å². The van der Waals surface area contributed by atoms with E-state index < -0.39 is 0 Å². The minimum atomic E-state index is -0.154. The predicted octanol–water partition coefficient (Wildman–Crippen LogP) is 14.9. The standard InChI is InChI=1S/C57H50N5O.Pt/c1-37-34-58-38(2)29-47(37)48-35-59-55(33-49(48)57(6,7)8)62-50-22-13-12-21-45(50)46-28-26-43(32-54(46)62)63-42-20-16-19-41(31-42)60-36-61(52-24-15-14-23-51(52)60)53-30-40(56(3,4)5)25-27-44(53)39-17-10-9-11-18-39;/h9-30,33-36H,1-8H3;/q-3;. The fraction of sp³-hybridized carbons (Fsp3) is 0.175. The molecule has 0 amide bonds. The van der Waals surface area contributed by atoms with Crippen molar-refractivity contribution >= 4 is 44.6 Å². The second-order valence-corrected chi connectivity index (χ2v) is 18.6. The van der Waals surface area contributed by atoms with Crippen LogP contribution in [0.1, 0.15) is 63.9 Å². The van der Waals surface area contributed by atoms with Crippen molar-refractivity contribution in [3.8, 4) is 39.6 Å². The Labute approximate surface area is 391 Å². The molecule has 10 rings (SSSR count). The summed E-state index contributed by atoms with van der Waals surface area (Å²) in [5.41, 5.74) is 15.1. The Morgan fingerprint density at radius 1 is 0.562 bits per heavy atom. The largest absolute Gasteiger partial charge is 0.509 e. The molecule has 6 aromatic carbocycles. The monoisotopic (exact) mass is 1020 g/mol. The minimum Gasteiger partial charge on any atom is -0.509 e. The number of benzene rings is 6. The summed E-state index contributed by atoms with van der Waals surface area (Å²) < 4.78 is 8.89. The van der Waals surface area contributed by atoms with E-state index in [0.717, 1.165) is 72.8 Å². The predicted molar refractivity (Wildman–Crippen MR) is 260 cm³/mol. The molecule has 4 heterocycles. The van der Waals surface area contributed by atoms with E-state index in [0.29, 0.717) is 11.5 Å². The SMILES string of the molecule is Cc1cc(-c2cnc(-n3c4[c-]c(Oc5[c-]c(N6[CH-]N(c7cc(C(C)(C)C)ccc7-c7ccccc7)c7ccccc76)ccc5)ccc4c4ccccc43)cc2C(C)(C)C)c(C)cn1.[Pt]. The quantitative estimate of drug-likeness (QED) is 0.149. The molecular weight excluding hydrogens is 966 g/mol. The molecule has 1 aliphatic heterocycles. The molecule has 0 spiro atoms. The van der Waals surface area contributed by atoms with Gasteiger partial charge in [0.25, 0.3) is 0 Å². The van der Waals surface area contributed by atoms with Gasteiger partial charge >= 0.3 is 0 Å². The van der Waals surface area contributed by atoms with Crippen molar-refractivity contribution < 1.29 is 25.8 Å². The number of nitrogens with zero attached hydrogens (tertiary/aromatic N) is 5. The van der Waals surface area contributed by atoms with Crippen LogP contribution in [0, 0.1) is 32.6 Å². The minimum absolute atomic E-state index is 0. The first-order valence-corrected chi connectivity index (χ1v) is 21.6. The molecule has 64 heavy (non-hydrogen) atoms. The van der Waals surface area contributed by atoms with Crippen molar-refractivity contribution in [3.63, 3.8) is 0 Å². The summed E-state index contributed by atoms with van der Waals surface area (Å²) in [6, 6.07) is 56.4. The first-order valence-electron chi connectivity index (χ1n) is 21.6. The zero-order valence-electron chi connectivity index (χ0n) is 37.5. The van der Waals surface area contributed by atoms with Crippen LogP contribution in [0.5, 0.6) is 11.5 Å². The van der Waals surface area contributed by atoms with Crippen LogP contribution in [0.3, 0.4) is 0 Å². The second-order valence-electron chi connectivity index (χ2n) is 18.6. The molecule has 9 aromatic rings. The maximum absolute atomic E-state index is 6.68. The Morgan fingerprint density at radius 3 is 2.05 bits per heavy atom. The molecule has 0 N–H and O–H groups in total. The molecule has 6 nitrogen and oxygen atoms in total. The third-order valence-electron chi connectivity index (χ3n) is 12.1. The van der Waals surface area contributed by atoms with Gasteiger partial charge in [-0.25, -0.2) is 4.98 Å². The number of pyridine rings is 2. The Kier molecular flexibility index (Phi) is 11.1. The number of rotatable bonds is 7. The number of aryl methyl sites for hydroxylation is 2. The average Bonchev–Trinajstić information content (AvgIpc) is 3.83. The molecule has 0 radical (unpaired) electrons. The van der Waals surface area contributed by atoms with Gasteiger partial charge in [0.2, 0.25) is 0 Å². The maximum Gasteiger partial charge on any atom is 0.135 e. The zero-order valence-corrected chi connectivity index (χ0v) is 39.7. The normalized spacial score (nSPS) is 12.8. The Hall–Kier alpha value is -6.49. The van der Waals surface area contributed by atoms with E-state index in [9.17, 15) is 0 Å². The van der Waals surface area contributed by atoms with Gasteiger partial charge in [-0.15, -0.1) is 48.1 Å². The van der Waals surface area contributed by atoms with E-state index >= 15 is 0 Å². The summed E-state index contributed by atoms with van der Waals surface area (Å²) in [6.45, 7) is 19.9. The molecule has 3 aromatic heterocycles. The third kappa shape index (κ3) is 7.79. The van der Waals surface area contributed by atoms with E-state index in [4.69, 9.17) is 9.72 Å². The Morgan fingerprint density at radius 2 is 1.28 bits per heavy atom. The van der Waals surface area contributed by atoms with Crippen LogP contribution in [0.4, 0.5) is 22.7 Å². The Balaban J connectivity index is 0.00000518. The number of hydrogen-bond acceptors (Lipinski definition) is 5. The molecule has 0 unspecified atom stereocenters. The van der Waals surface area contributed by atoms with Gasteiger partial charge in [-0.1, -0.05) is 120 Å². The summed E-state index contributed by atoms with van der Waals surface area (Å²) in [7, 11) is 0. The fourth-order valence-electron chi connectivity index (χ4n) is 8.80. The summed E-state index contributed by atoms with van der Waals surface area (Å²) in [4.78, 5) is 14.2. The molecule has 0 aliphatic carbocycles. The van der Waals surface area contributed by atoms with E-state index in [-0.39, 0.29) is 31.9 Å². The van der Waals surface area contributed by atoms with E-state index in [2.05, 4.69) is 208 Å². The molecule has 0 bridgehead atoms. The second kappa shape index (κ2) is 16.6. The van der Waals surface area contributed by atoms with Crippen molar-refractivity contribution in [3.05, 3.63) is 193 Å². The van der Waals surface area contributed by atoms with Crippen LogP contribution in [0.25, 0.3) is 49.9 Å². The summed E-state index contributed by atoms with van der Waals surface area (Å²) >= 11 is 0. The van der Waals surface area contributed by atoms with E-state index in [1.807, 2.05) is 37.5 Å². The third-order valence-corrected chi connectivity index (χ3v) is 12.1. The van der Waals surface area contributed by atoms with Gasteiger partial charge in [-0.2, -0.15) is 12.1 Å². The van der Waals surface area contributed by atoms with Crippen molar-refractivity contribution in [2.75, 3.05) is 9.80 Å². The topological polar surface area (TPSA) is 46.4 Å². The summed E-state index contributed by atoms with van der Waals surface area (Å²) in [6.07, 6.45) is 3.98. The molecule has 0 saturated carbocycles. The summed E-state index contributed by atoms with van der Waals surface area (Å²) in [5.74, 6) is 2.02. The molecular formula is C57H50N5OPt-3. The van der Waals surface area contributed by atoms with Gasteiger partial charge in [0.1, 0.15) is 5.82 Å². The molecule has 0 atom stereocenters. The Bertz CT molecular complexity index is 3190. The van der Waals surface area contributed by atoms with Gasteiger partial charge in [0.05, 0.1) is 0 Å². The van der Waals surface area contributed by atoms with Crippen LogP contribution in [-0.2, 0) is 31.9 Å². The molecule has 0 fully saturated rings. The van der Waals surface area contributed by atoms with Gasteiger partial charge in [-0.05, 0) is 94.3 Å². The van der Waals surface area contributed by atoms with Crippen molar-refractivity contribution in [1.29, 1.82) is 0 Å². The molecule has 1 aliphatic rings. The summed E-state index contributed by atoms with van der Waals surface area (Å²) in [5, 5.41) is 2.21. The van der Waals surface area contributed by atoms with Crippen LogP contribution in [0.15, 0.2) is 152 Å². The van der Waals surface area contributed by atoms with E-state index in [1.54, 1.807) is 0 Å². The zero-order chi connectivity index (χ0) is 43.6. The number of ether oxygens (including phenoxy) is 1. The van der Waals surface area contributed by atoms with Crippen molar-refractivity contribution in [1.82, 2.24) is 14.5 Å². The number of aromatic nitrogens is 3. The number of anilines is 4. The first-order chi connectivity index (χ1) is 30.3. The number of para-hydroxylation sites is 3. The molecule has 0 saturated heterocycles. The van der Waals surface area contributed by atoms with Gasteiger partial charge < -0.3 is 19.1 Å². The number of fused-ring (bicyclic) bond motifs is 4. The van der Waals surface area contributed by atoms with Crippen LogP contribution >= 0.6 is 0 Å². The fourth-order valence-corrected chi connectivity index (χ4v) is 8.80. The van der Waals surface area contributed by atoms with Crippen molar-refractivity contribution in [2.45, 2.75) is 66.2 Å². The van der Waals surface area contributed by atoms with Crippen molar-refractivity contribution in [2.24, 2.45) is 0 Å².